The maximum Gasteiger partial charge on any atom is 0.186 e. The summed E-state index contributed by atoms with van der Waals surface area (Å²) in [6.07, 6.45) is 0. The van der Waals surface area contributed by atoms with Crippen molar-refractivity contribution < 1.29 is 16.8 Å². The molecular weight excluding hydrogens is 423 g/mol. The Morgan fingerprint density at radius 2 is 1.71 bits per heavy atom. The zero-order valence-corrected chi connectivity index (χ0v) is 14.5. The van der Waals surface area contributed by atoms with Crippen molar-refractivity contribution in [2.24, 2.45) is 0 Å². The van der Waals surface area contributed by atoms with Crippen molar-refractivity contribution in [3.8, 4) is 0 Å². The summed E-state index contributed by atoms with van der Waals surface area (Å²) < 4.78 is 50.6. The van der Waals surface area contributed by atoms with Crippen molar-refractivity contribution in [3.05, 3.63) is 57.7 Å². The highest BCUT2D eigenvalue weighted by molar-refractivity contribution is 14.1. The molecule has 0 spiro atoms. The monoisotopic (exact) mass is 434 g/mol. The second kappa shape index (κ2) is 5.06. The second-order valence-corrected chi connectivity index (χ2v) is 10.2. The Kier molecular flexibility index (Phi) is 3.61. The minimum Gasteiger partial charge on any atom is -0.224 e. The van der Waals surface area contributed by atoms with E-state index < -0.39 is 24.9 Å². The Bertz CT molecular complexity index is 903. The van der Waals surface area contributed by atoms with Crippen LogP contribution in [0.3, 0.4) is 0 Å². The first-order chi connectivity index (χ1) is 9.82. The number of fused-ring (bicyclic) bond motifs is 1. The molecule has 1 aliphatic rings. The summed E-state index contributed by atoms with van der Waals surface area (Å²) in [7, 11) is -7.27. The quantitative estimate of drug-likeness (QED) is 0.682. The Labute approximate surface area is 137 Å². The Morgan fingerprint density at radius 1 is 1.05 bits per heavy atom. The number of hydrogen-bond acceptors (Lipinski definition) is 4. The third kappa shape index (κ3) is 2.51. The van der Waals surface area contributed by atoms with Crippen LogP contribution in [0.25, 0.3) is 0 Å². The van der Waals surface area contributed by atoms with Crippen LogP contribution in [0.2, 0.25) is 0 Å². The third-order valence-corrected chi connectivity index (χ3v) is 8.25. The van der Waals surface area contributed by atoms with E-state index >= 15 is 0 Å². The van der Waals surface area contributed by atoms with Crippen molar-refractivity contribution in [1.82, 2.24) is 0 Å². The van der Waals surface area contributed by atoms with Gasteiger partial charge in [-0.2, -0.15) is 0 Å². The van der Waals surface area contributed by atoms with Gasteiger partial charge in [-0.15, -0.1) is 0 Å². The molecule has 2 aromatic rings. The molecule has 0 aliphatic carbocycles. The van der Waals surface area contributed by atoms with E-state index in [1.165, 1.54) is 18.2 Å². The molecule has 3 rings (SSSR count). The van der Waals surface area contributed by atoms with Crippen LogP contribution in [0.5, 0.6) is 0 Å². The van der Waals surface area contributed by atoms with E-state index in [-0.39, 0.29) is 15.5 Å². The van der Waals surface area contributed by atoms with Gasteiger partial charge < -0.3 is 0 Å². The van der Waals surface area contributed by atoms with Crippen molar-refractivity contribution >= 4 is 42.3 Å². The van der Waals surface area contributed by atoms with Gasteiger partial charge in [-0.1, -0.05) is 24.3 Å². The summed E-state index contributed by atoms with van der Waals surface area (Å²) >= 11 is 2.02. The van der Waals surface area contributed by atoms with Gasteiger partial charge in [-0.3, -0.25) is 0 Å². The standard InChI is InChI=1S/C14H11IO4S2/c15-10-6-7-12-13(8-10)20(16,17)9-14(12)21(18,19)11-4-2-1-3-5-11/h1-8,14H,9H2. The fraction of sp³-hybridized carbons (Fsp3) is 0.143. The first-order valence-corrected chi connectivity index (χ1v) is 10.4. The van der Waals surface area contributed by atoms with Gasteiger partial charge in [0.05, 0.1) is 15.5 Å². The topological polar surface area (TPSA) is 68.3 Å². The largest absolute Gasteiger partial charge is 0.224 e. The molecule has 0 bridgehead atoms. The average Bonchev–Trinajstić information content (AvgIpc) is 2.72. The lowest BCUT2D eigenvalue weighted by Crippen LogP contribution is -2.15. The van der Waals surface area contributed by atoms with Crippen LogP contribution in [-0.4, -0.2) is 22.6 Å². The molecule has 0 aromatic heterocycles. The first kappa shape index (κ1) is 15.0. The molecule has 0 saturated carbocycles. The van der Waals surface area contributed by atoms with Crippen molar-refractivity contribution in [1.29, 1.82) is 0 Å². The molecule has 2 aromatic carbocycles. The summed E-state index contributed by atoms with van der Waals surface area (Å²) in [5, 5.41) is -1.03. The molecule has 0 fully saturated rings. The summed E-state index contributed by atoms with van der Waals surface area (Å²) in [5.74, 6) is -0.389. The SMILES string of the molecule is O=S1(=O)CC(S(=O)(=O)c2ccccc2)c2ccc(I)cc21. The summed E-state index contributed by atoms with van der Waals surface area (Å²) in [6, 6.07) is 12.8. The van der Waals surface area contributed by atoms with Gasteiger partial charge in [0, 0.05) is 3.57 Å². The van der Waals surface area contributed by atoms with Crippen LogP contribution in [0, 0.1) is 3.57 Å². The number of halogens is 1. The van der Waals surface area contributed by atoms with E-state index in [4.69, 9.17) is 0 Å². The number of sulfone groups is 2. The molecule has 1 unspecified atom stereocenters. The zero-order valence-electron chi connectivity index (χ0n) is 10.7. The predicted octanol–water partition coefficient (Wildman–Crippen LogP) is 2.59. The van der Waals surface area contributed by atoms with Crippen LogP contribution in [0.15, 0.2) is 58.3 Å². The van der Waals surface area contributed by atoms with E-state index in [0.717, 1.165) is 3.57 Å². The Morgan fingerprint density at radius 3 is 2.38 bits per heavy atom. The molecule has 1 heterocycles. The van der Waals surface area contributed by atoms with E-state index in [1.807, 2.05) is 22.6 Å². The van der Waals surface area contributed by atoms with Crippen LogP contribution in [0.4, 0.5) is 0 Å². The van der Waals surface area contributed by atoms with E-state index in [9.17, 15) is 16.8 Å². The lowest BCUT2D eigenvalue weighted by Gasteiger charge is -2.11. The van der Waals surface area contributed by atoms with Gasteiger partial charge in [0.1, 0.15) is 5.25 Å². The van der Waals surface area contributed by atoms with Crippen molar-refractivity contribution in [3.63, 3.8) is 0 Å². The predicted molar refractivity (Wildman–Crippen MR) is 87.6 cm³/mol. The van der Waals surface area contributed by atoms with Gasteiger partial charge >= 0.3 is 0 Å². The van der Waals surface area contributed by atoms with Gasteiger partial charge in [0.25, 0.3) is 0 Å². The number of rotatable bonds is 2. The average molecular weight is 434 g/mol. The lowest BCUT2D eigenvalue weighted by atomic mass is 10.2. The van der Waals surface area contributed by atoms with Crippen molar-refractivity contribution in [2.75, 3.05) is 5.75 Å². The van der Waals surface area contributed by atoms with E-state index in [1.54, 1.807) is 30.3 Å². The molecule has 4 nitrogen and oxygen atoms in total. The summed E-state index contributed by atoms with van der Waals surface area (Å²) in [4.78, 5) is 0.288. The smallest absolute Gasteiger partial charge is 0.186 e. The highest BCUT2D eigenvalue weighted by Gasteiger charge is 2.42. The molecule has 7 heteroatoms. The maximum atomic E-state index is 12.7. The van der Waals surface area contributed by atoms with Crippen LogP contribution in [0.1, 0.15) is 10.8 Å². The lowest BCUT2D eigenvalue weighted by molar-refractivity contribution is 0.582. The molecule has 21 heavy (non-hydrogen) atoms. The first-order valence-electron chi connectivity index (χ1n) is 6.13. The molecule has 0 amide bonds. The molecule has 1 aliphatic heterocycles. The summed E-state index contributed by atoms with van der Waals surface area (Å²) in [5.41, 5.74) is 0.374. The fourth-order valence-corrected chi connectivity index (χ4v) is 7.52. The zero-order chi connectivity index (χ0) is 15.3. The number of hydrogen-bond donors (Lipinski definition) is 0. The molecular formula is C14H11IO4S2. The van der Waals surface area contributed by atoms with Gasteiger partial charge in [-0.25, -0.2) is 16.8 Å². The Hall–Kier alpha value is -0.930. The van der Waals surface area contributed by atoms with Crippen molar-refractivity contribution in [2.45, 2.75) is 15.0 Å². The molecule has 0 saturated heterocycles. The highest BCUT2D eigenvalue weighted by atomic mass is 127. The normalized spacial score (nSPS) is 20.1. The number of benzene rings is 2. The van der Waals surface area contributed by atoms with Crippen LogP contribution in [-0.2, 0) is 19.7 Å². The highest BCUT2D eigenvalue weighted by Crippen LogP contribution is 2.41. The van der Waals surface area contributed by atoms with Gasteiger partial charge in [0.2, 0.25) is 0 Å². The minimum atomic E-state index is -3.72. The van der Waals surface area contributed by atoms with E-state index in [2.05, 4.69) is 0 Å². The maximum absolute atomic E-state index is 12.7. The molecule has 0 radical (unpaired) electrons. The van der Waals surface area contributed by atoms with Crippen LogP contribution >= 0.6 is 22.6 Å². The Balaban J connectivity index is 2.20. The van der Waals surface area contributed by atoms with Crippen LogP contribution < -0.4 is 0 Å². The summed E-state index contributed by atoms with van der Waals surface area (Å²) in [6.45, 7) is 0. The fourth-order valence-electron chi connectivity index (χ4n) is 2.45. The van der Waals surface area contributed by atoms with Gasteiger partial charge in [-0.05, 0) is 52.4 Å². The second-order valence-electron chi connectivity index (χ2n) is 4.81. The molecule has 110 valence electrons. The molecule has 0 N–H and O–H groups in total. The molecule has 1 atom stereocenters. The minimum absolute atomic E-state index is 0.138. The van der Waals surface area contributed by atoms with Gasteiger partial charge in [0.15, 0.2) is 19.7 Å². The third-order valence-electron chi connectivity index (χ3n) is 3.47. The van der Waals surface area contributed by atoms with E-state index in [0.29, 0.717) is 5.56 Å².